The smallest absolute Gasteiger partial charge is 0.384 e. The third-order valence-corrected chi connectivity index (χ3v) is 3.25. The molecule has 1 saturated heterocycles. The molecule has 1 N–H and O–H groups in total. The van der Waals surface area contributed by atoms with Crippen molar-refractivity contribution in [2.45, 2.75) is 43.9 Å². The largest absolute Gasteiger partial charge is 0.457 e. The van der Waals surface area contributed by atoms with Gasteiger partial charge in [0.05, 0.1) is 0 Å². The first-order chi connectivity index (χ1) is 7.11. The van der Waals surface area contributed by atoms with Gasteiger partial charge >= 0.3 is 12.0 Å². The van der Waals surface area contributed by atoms with Crippen LogP contribution >= 0.6 is 0 Å². The van der Waals surface area contributed by atoms with Gasteiger partial charge in [0.2, 0.25) is 0 Å². The van der Waals surface area contributed by atoms with Crippen LogP contribution in [0.4, 0.5) is 0 Å². The van der Waals surface area contributed by atoms with Gasteiger partial charge < -0.3 is 9.84 Å². The first-order valence-corrected chi connectivity index (χ1v) is 5.13. The lowest BCUT2D eigenvalue weighted by molar-refractivity contribution is -0.529. The Morgan fingerprint density at radius 2 is 2.07 bits per heavy atom. The first-order valence-electron chi connectivity index (χ1n) is 5.13. The van der Waals surface area contributed by atoms with Gasteiger partial charge in [0.15, 0.2) is 0 Å². The number of hydrogen-bond donors (Lipinski definition) is 1. The number of carbonyl (C=O) groups excluding carboxylic acids is 1. The van der Waals surface area contributed by atoms with Crippen molar-refractivity contribution in [3.8, 4) is 0 Å². The van der Waals surface area contributed by atoms with Gasteiger partial charge in [-0.1, -0.05) is 6.42 Å². The summed E-state index contributed by atoms with van der Waals surface area (Å²) in [6, 6.07) is -1.59. The number of aliphatic hydroxyl groups excluding tert-OH is 1. The summed E-state index contributed by atoms with van der Waals surface area (Å²) in [6.07, 6.45) is 1.77. The topological polar surface area (TPSA) is 89.7 Å². The van der Waals surface area contributed by atoms with Gasteiger partial charge in [-0.05, 0) is 19.3 Å². The second-order valence-corrected chi connectivity index (χ2v) is 4.14. The normalized spacial score (nSPS) is 40.5. The lowest BCUT2D eigenvalue weighted by Crippen LogP contribution is -2.56. The lowest BCUT2D eigenvalue weighted by atomic mass is 9.78. The molecule has 15 heavy (non-hydrogen) atoms. The van der Waals surface area contributed by atoms with Gasteiger partial charge in [0, 0.05) is 10.8 Å². The Bertz CT molecular complexity index is 292. The quantitative estimate of drug-likeness (QED) is 0.381. The molecule has 6 heteroatoms. The van der Waals surface area contributed by atoms with E-state index >= 15 is 0 Å². The molecule has 0 radical (unpaired) electrons. The number of aliphatic hydroxyl groups is 1. The molecular weight excluding hydrogens is 202 g/mol. The van der Waals surface area contributed by atoms with Crippen LogP contribution in [0.3, 0.4) is 0 Å². The van der Waals surface area contributed by atoms with E-state index in [1.54, 1.807) is 0 Å². The van der Waals surface area contributed by atoms with Gasteiger partial charge in [0.1, 0.15) is 12.2 Å². The number of rotatable bonds is 1. The molecule has 4 atom stereocenters. The van der Waals surface area contributed by atoms with E-state index in [1.165, 1.54) is 0 Å². The molecule has 84 valence electrons. The Balaban J connectivity index is 2.18. The fraction of sp³-hybridized carbons (Fsp3) is 0.889. The predicted molar refractivity (Wildman–Crippen MR) is 48.6 cm³/mol. The molecule has 1 heterocycles. The summed E-state index contributed by atoms with van der Waals surface area (Å²) in [5.41, 5.74) is 0. The van der Waals surface area contributed by atoms with Gasteiger partial charge in [-0.2, -0.15) is 0 Å². The lowest BCUT2D eigenvalue weighted by Gasteiger charge is -2.38. The van der Waals surface area contributed by atoms with Crippen molar-refractivity contribution in [1.29, 1.82) is 0 Å². The van der Waals surface area contributed by atoms with E-state index in [1.807, 2.05) is 0 Å². The summed E-state index contributed by atoms with van der Waals surface area (Å²) >= 11 is 0. The van der Waals surface area contributed by atoms with Crippen molar-refractivity contribution in [2.75, 3.05) is 0 Å². The van der Waals surface area contributed by atoms with Crippen molar-refractivity contribution in [3.63, 3.8) is 0 Å². The molecule has 1 saturated carbocycles. The third-order valence-electron chi connectivity index (χ3n) is 3.25. The molecule has 2 fully saturated rings. The van der Waals surface area contributed by atoms with Crippen molar-refractivity contribution >= 4 is 5.97 Å². The summed E-state index contributed by atoms with van der Waals surface area (Å²) in [7, 11) is 0. The molecule has 0 spiro atoms. The van der Waals surface area contributed by atoms with Crippen LogP contribution in [0.1, 0.15) is 25.7 Å². The molecular formula is C9H13NO5. The minimum absolute atomic E-state index is 0.258. The van der Waals surface area contributed by atoms with E-state index in [4.69, 9.17) is 4.74 Å². The molecule has 2 rings (SSSR count). The molecule has 1 aliphatic heterocycles. The predicted octanol–water partition coefficient (Wildman–Crippen LogP) is 0.108. The summed E-state index contributed by atoms with van der Waals surface area (Å²) in [4.78, 5) is 21.1. The number of nitrogens with zero attached hydrogens (tertiary/aromatic N) is 1. The number of fused-ring (bicyclic) bond motifs is 1. The average Bonchev–Trinajstić information content (AvgIpc) is 2.17. The zero-order chi connectivity index (χ0) is 11.0. The SMILES string of the molecule is O=C1OC2CCCCC2C(O)C1[N+](=O)[O-]. The Kier molecular flexibility index (Phi) is 2.60. The standard InChI is InChI=1S/C9H13NO5/c11-8-5-3-1-2-4-6(5)15-9(12)7(8)10(13)14/h5-8,11H,1-4H2. The number of nitro groups is 1. The Morgan fingerprint density at radius 1 is 1.40 bits per heavy atom. The molecule has 1 aliphatic carbocycles. The van der Waals surface area contributed by atoms with Crippen LogP contribution in [0.25, 0.3) is 0 Å². The van der Waals surface area contributed by atoms with Crippen LogP contribution in [0.2, 0.25) is 0 Å². The van der Waals surface area contributed by atoms with Gasteiger partial charge in [-0.15, -0.1) is 0 Å². The Hall–Kier alpha value is -1.17. The van der Waals surface area contributed by atoms with E-state index in [0.29, 0.717) is 12.8 Å². The number of ether oxygens (including phenoxy) is 1. The van der Waals surface area contributed by atoms with E-state index < -0.39 is 23.0 Å². The van der Waals surface area contributed by atoms with Crippen LogP contribution in [0.15, 0.2) is 0 Å². The van der Waals surface area contributed by atoms with Crippen LogP contribution in [0.5, 0.6) is 0 Å². The van der Waals surface area contributed by atoms with Gasteiger partial charge in [0.25, 0.3) is 0 Å². The molecule has 0 bridgehead atoms. The van der Waals surface area contributed by atoms with E-state index in [9.17, 15) is 20.0 Å². The number of hydrogen-bond acceptors (Lipinski definition) is 5. The average molecular weight is 215 g/mol. The Morgan fingerprint density at radius 3 is 2.73 bits per heavy atom. The van der Waals surface area contributed by atoms with Crippen molar-refractivity contribution < 1.29 is 19.6 Å². The molecule has 0 aromatic heterocycles. The maximum atomic E-state index is 11.3. The third kappa shape index (κ3) is 1.69. The highest BCUT2D eigenvalue weighted by Crippen LogP contribution is 2.35. The van der Waals surface area contributed by atoms with Crippen LogP contribution in [-0.4, -0.2) is 34.2 Å². The van der Waals surface area contributed by atoms with Crippen molar-refractivity contribution in [2.24, 2.45) is 5.92 Å². The first kappa shape index (κ1) is 10.4. The summed E-state index contributed by atoms with van der Waals surface area (Å²) in [5.74, 6) is -1.15. The Labute approximate surface area is 86.4 Å². The van der Waals surface area contributed by atoms with E-state index in [-0.39, 0.29) is 12.0 Å². The fourth-order valence-electron chi connectivity index (χ4n) is 2.47. The minimum atomic E-state index is -1.59. The van der Waals surface area contributed by atoms with Gasteiger partial charge in [-0.25, -0.2) is 4.79 Å². The molecule has 2 aliphatic rings. The second kappa shape index (κ2) is 3.77. The van der Waals surface area contributed by atoms with Crippen LogP contribution < -0.4 is 0 Å². The zero-order valence-electron chi connectivity index (χ0n) is 8.17. The molecule has 0 amide bonds. The van der Waals surface area contributed by atoms with E-state index in [0.717, 1.165) is 12.8 Å². The summed E-state index contributed by atoms with van der Waals surface area (Å²) in [5, 5.41) is 20.4. The summed E-state index contributed by atoms with van der Waals surface area (Å²) in [6.45, 7) is 0. The van der Waals surface area contributed by atoms with Crippen molar-refractivity contribution in [1.82, 2.24) is 0 Å². The van der Waals surface area contributed by atoms with Crippen molar-refractivity contribution in [3.05, 3.63) is 10.1 Å². The fourth-order valence-corrected chi connectivity index (χ4v) is 2.47. The molecule has 6 nitrogen and oxygen atoms in total. The summed E-state index contributed by atoms with van der Waals surface area (Å²) < 4.78 is 4.99. The van der Waals surface area contributed by atoms with E-state index in [2.05, 4.69) is 0 Å². The van der Waals surface area contributed by atoms with Crippen LogP contribution in [0, 0.1) is 16.0 Å². The highest BCUT2D eigenvalue weighted by atomic mass is 16.6. The maximum absolute atomic E-state index is 11.3. The molecule has 0 aromatic carbocycles. The monoisotopic (exact) mass is 215 g/mol. The maximum Gasteiger partial charge on any atom is 0.384 e. The van der Waals surface area contributed by atoms with Crippen LogP contribution in [-0.2, 0) is 9.53 Å². The number of carbonyl (C=O) groups is 1. The minimum Gasteiger partial charge on any atom is -0.457 e. The molecule has 4 unspecified atom stereocenters. The van der Waals surface area contributed by atoms with Gasteiger partial charge in [-0.3, -0.25) is 10.1 Å². The highest BCUT2D eigenvalue weighted by molar-refractivity contribution is 5.76. The molecule has 0 aromatic rings. The zero-order valence-corrected chi connectivity index (χ0v) is 8.17. The second-order valence-electron chi connectivity index (χ2n) is 4.14. The highest BCUT2D eigenvalue weighted by Gasteiger charge is 2.52. The number of esters is 1.